The van der Waals surface area contributed by atoms with Crippen LogP contribution < -0.4 is 4.90 Å². The zero-order chi connectivity index (χ0) is 12.4. The zero-order valence-electron chi connectivity index (χ0n) is 10.5. The molecular weight excluding hydrogens is 217 g/mol. The second-order valence-corrected chi connectivity index (χ2v) is 5.17. The Hall–Kier alpha value is -1.09. The van der Waals surface area contributed by atoms with Crippen LogP contribution >= 0.6 is 0 Å². The molecule has 1 aromatic rings. The monoisotopic (exact) mass is 237 g/mol. The second-order valence-electron chi connectivity index (χ2n) is 5.17. The van der Waals surface area contributed by atoms with E-state index in [0.29, 0.717) is 17.4 Å². The quantitative estimate of drug-likeness (QED) is 0.873. The smallest absolute Gasteiger partial charge is 0.123 e. The van der Waals surface area contributed by atoms with Crippen LogP contribution in [-0.2, 0) is 6.61 Å². The molecule has 0 aromatic heterocycles. The molecule has 1 heterocycles. The summed E-state index contributed by atoms with van der Waals surface area (Å²) in [7, 11) is 0. The van der Waals surface area contributed by atoms with Gasteiger partial charge in [0.15, 0.2) is 0 Å². The Morgan fingerprint density at radius 2 is 2.24 bits per heavy atom. The van der Waals surface area contributed by atoms with E-state index in [1.807, 2.05) is 0 Å². The van der Waals surface area contributed by atoms with Gasteiger partial charge < -0.3 is 10.0 Å². The van der Waals surface area contributed by atoms with Crippen LogP contribution in [-0.4, -0.2) is 18.2 Å². The van der Waals surface area contributed by atoms with Crippen LogP contribution in [0.25, 0.3) is 0 Å². The van der Waals surface area contributed by atoms with E-state index in [2.05, 4.69) is 18.7 Å². The van der Waals surface area contributed by atoms with Crippen molar-refractivity contribution in [2.24, 2.45) is 11.8 Å². The first-order chi connectivity index (χ1) is 8.11. The van der Waals surface area contributed by atoms with Gasteiger partial charge in [-0.25, -0.2) is 4.39 Å². The number of benzene rings is 1. The van der Waals surface area contributed by atoms with Gasteiger partial charge in [0.05, 0.1) is 6.61 Å². The van der Waals surface area contributed by atoms with E-state index in [9.17, 15) is 9.50 Å². The van der Waals surface area contributed by atoms with Crippen LogP contribution in [0.4, 0.5) is 10.1 Å². The van der Waals surface area contributed by atoms with E-state index in [0.717, 1.165) is 18.8 Å². The molecule has 2 rings (SSSR count). The molecule has 2 nitrogen and oxygen atoms in total. The Bertz CT molecular complexity index is 392. The molecule has 17 heavy (non-hydrogen) atoms. The van der Waals surface area contributed by atoms with Crippen LogP contribution in [0, 0.1) is 17.7 Å². The summed E-state index contributed by atoms with van der Waals surface area (Å²) in [4.78, 5) is 2.26. The van der Waals surface area contributed by atoms with Crippen LogP contribution in [0.1, 0.15) is 25.8 Å². The van der Waals surface area contributed by atoms with Gasteiger partial charge in [0, 0.05) is 24.3 Å². The summed E-state index contributed by atoms with van der Waals surface area (Å²) >= 11 is 0. The van der Waals surface area contributed by atoms with E-state index in [4.69, 9.17) is 0 Å². The van der Waals surface area contributed by atoms with Crippen molar-refractivity contribution in [3.05, 3.63) is 29.6 Å². The van der Waals surface area contributed by atoms with Crippen molar-refractivity contribution in [3.8, 4) is 0 Å². The first kappa shape index (κ1) is 12.4. The number of halogens is 1. The molecule has 0 spiro atoms. The van der Waals surface area contributed by atoms with E-state index in [1.54, 1.807) is 6.07 Å². The Kier molecular flexibility index (Phi) is 3.67. The standard InChI is InChI=1S/C14H20FNO/c1-10(2)11-5-6-16(8-11)14-4-3-13(15)7-12(14)9-17/h3-4,7,10-11,17H,5-6,8-9H2,1-2H3. The first-order valence-electron chi connectivity index (χ1n) is 6.26. The largest absolute Gasteiger partial charge is 0.392 e. The minimum absolute atomic E-state index is 0.101. The molecule has 1 N–H and O–H groups in total. The normalized spacial score (nSPS) is 20.3. The van der Waals surface area contributed by atoms with Crippen LogP contribution in [0.5, 0.6) is 0 Å². The van der Waals surface area contributed by atoms with Gasteiger partial charge in [-0.3, -0.25) is 0 Å². The van der Waals surface area contributed by atoms with Crippen LogP contribution in [0.15, 0.2) is 18.2 Å². The van der Waals surface area contributed by atoms with E-state index in [1.165, 1.54) is 18.6 Å². The molecule has 1 fully saturated rings. The number of anilines is 1. The molecule has 1 saturated heterocycles. The lowest BCUT2D eigenvalue weighted by atomic mass is 9.95. The Labute approximate surface area is 102 Å². The second kappa shape index (κ2) is 5.05. The Balaban J connectivity index is 2.18. The molecule has 1 aliphatic rings. The zero-order valence-corrected chi connectivity index (χ0v) is 10.5. The van der Waals surface area contributed by atoms with Crippen molar-refractivity contribution in [1.82, 2.24) is 0 Å². The van der Waals surface area contributed by atoms with Gasteiger partial charge in [-0.2, -0.15) is 0 Å². The summed E-state index contributed by atoms with van der Waals surface area (Å²) in [6.07, 6.45) is 1.18. The minimum atomic E-state index is -0.280. The lowest BCUT2D eigenvalue weighted by Gasteiger charge is -2.22. The average Bonchev–Trinajstić information content (AvgIpc) is 2.78. The van der Waals surface area contributed by atoms with E-state index >= 15 is 0 Å². The first-order valence-corrected chi connectivity index (χ1v) is 6.26. The summed E-state index contributed by atoms with van der Waals surface area (Å²) in [6.45, 7) is 6.39. The molecule has 94 valence electrons. The van der Waals surface area contributed by atoms with Crippen LogP contribution in [0.2, 0.25) is 0 Å². The molecule has 0 radical (unpaired) electrons. The fourth-order valence-electron chi connectivity index (χ4n) is 2.54. The van der Waals surface area contributed by atoms with Gasteiger partial charge in [-0.1, -0.05) is 13.8 Å². The van der Waals surface area contributed by atoms with Crippen molar-refractivity contribution in [1.29, 1.82) is 0 Å². The fraction of sp³-hybridized carbons (Fsp3) is 0.571. The van der Waals surface area contributed by atoms with Gasteiger partial charge in [0.1, 0.15) is 5.82 Å². The molecule has 3 heteroatoms. The molecule has 1 aromatic carbocycles. The summed E-state index contributed by atoms with van der Waals surface area (Å²) < 4.78 is 13.1. The summed E-state index contributed by atoms with van der Waals surface area (Å²) in [5.41, 5.74) is 1.67. The van der Waals surface area contributed by atoms with Gasteiger partial charge >= 0.3 is 0 Å². The summed E-state index contributed by atoms with van der Waals surface area (Å²) in [5, 5.41) is 9.28. The lowest BCUT2D eigenvalue weighted by molar-refractivity contribution is 0.281. The van der Waals surface area contributed by atoms with Crippen LogP contribution in [0.3, 0.4) is 0 Å². The lowest BCUT2D eigenvalue weighted by Crippen LogP contribution is -2.22. The molecule has 0 bridgehead atoms. The van der Waals surface area contributed by atoms with Gasteiger partial charge in [0.25, 0.3) is 0 Å². The molecule has 1 atom stereocenters. The van der Waals surface area contributed by atoms with Crippen molar-refractivity contribution in [2.75, 3.05) is 18.0 Å². The highest BCUT2D eigenvalue weighted by molar-refractivity contribution is 5.54. The molecule has 0 saturated carbocycles. The highest BCUT2D eigenvalue weighted by Crippen LogP contribution is 2.30. The number of hydrogen-bond donors (Lipinski definition) is 1. The van der Waals surface area contributed by atoms with Gasteiger partial charge in [0.2, 0.25) is 0 Å². The predicted molar refractivity (Wildman–Crippen MR) is 67.5 cm³/mol. The van der Waals surface area contributed by atoms with Crippen molar-refractivity contribution in [2.45, 2.75) is 26.9 Å². The fourth-order valence-corrected chi connectivity index (χ4v) is 2.54. The average molecular weight is 237 g/mol. The number of nitrogens with zero attached hydrogens (tertiary/aromatic N) is 1. The Morgan fingerprint density at radius 3 is 2.82 bits per heavy atom. The highest BCUT2D eigenvalue weighted by Gasteiger charge is 2.26. The van der Waals surface area contributed by atoms with E-state index in [-0.39, 0.29) is 12.4 Å². The predicted octanol–water partition coefficient (Wildman–Crippen LogP) is 2.80. The Morgan fingerprint density at radius 1 is 1.47 bits per heavy atom. The SMILES string of the molecule is CC(C)C1CCN(c2ccc(F)cc2CO)C1. The topological polar surface area (TPSA) is 23.5 Å². The molecule has 0 aliphatic carbocycles. The maximum Gasteiger partial charge on any atom is 0.123 e. The molecule has 0 amide bonds. The van der Waals surface area contributed by atoms with Gasteiger partial charge in [-0.15, -0.1) is 0 Å². The number of aliphatic hydroxyl groups excluding tert-OH is 1. The van der Waals surface area contributed by atoms with Crippen molar-refractivity contribution < 1.29 is 9.50 Å². The van der Waals surface area contributed by atoms with E-state index < -0.39 is 0 Å². The molecule has 1 unspecified atom stereocenters. The highest BCUT2D eigenvalue weighted by atomic mass is 19.1. The third-order valence-corrected chi connectivity index (χ3v) is 3.72. The summed E-state index contributed by atoms with van der Waals surface area (Å²) in [5.74, 6) is 1.10. The minimum Gasteiger partial charge on any atom is -0.392 e. The van der Waals surface area contributed by atoms with Crippen molar-refractivity contribution >= 4 is 5.69 Å². The number of hydrogen-bond acceptors (Lipinski definition) is 2. The molecular formula is C14H20FNO. The third-order valence-electron chi connectivity index (χ3n) is 3.72. The number of aliphatic hydroxyl groups is 1. The summed E-state index contributed by atoms with van der Waals surface area (Å²) in [6, 6.07) is 4.68. The maximum atomic E-state index is 13.1. The van der Waals surface area contributed by atoms with Crippen molar-refractivity contribution in [3.63, 3.8) is 0 Å². The maximum absolute atomic E-state index is 13.1. The van der Waals surface area contributed by atoms with Gasteiger partial charge in [-0.05, 0) is 36.5 Å². The molecule has 1 aliphatic heterocycles. The third kappa shape index (κ3) is 2.60. The number of rotatable bonds is 3.